The number of rotatable bonds is 5. The molecule has 2 N–H and O–H groups in total. The fraction of sp³-hybridized carbons (Fsp3) is 0.263. The summed E-state index contributed by atoms with van der Waals surface area (Å²) in [6.45, 7) is 2.75. The van der Waals surface area contributed by atoms with Crippen molar-refractivity contribution in [2.45, 2.75) is 19.8 Å². The van der Waals surface area contributed by atoms with Crippen LogP contribution in [0.15, 0.2) is 42.5 Å². The van der Waals surface area contributed by atoms with Gasteiger partial charge in [0.15, 0.2) is 0 Å². The van der Waals surface area contributed by atoms with Gasteiger partial charge in [0.25, 0.3) is 5.91 Å². The largest absolute Gasteiger partial charge is 0.493 e. The Bertz CT molecular complexity index is 771. The molecule has 2 aromatic carbocycles. The first kappa shape index (κ1) is 16.1. The molecule has 1 heterocycles. The van der Waals surface area contributed by atoms with Gasteiger partial charge in [-0.3, -0.25) is 9.59 Å². The van der Waals surface area contributed by atoms with Gasteiger partial charge in [-0.1, -0.05) is 18.2 Å². The van der Waals surface area contributed by atoms with Crippen LogP contribution in [0, 0.1) is 0 Å². The second-order valence-electron chi connectivity index (χ2n) is 5.81. The molecule has 2 amide bonds. The first-order valence-corrected chi connectivity index (χ1v) is 8.02. The zero-order valence-corrected chi connectivity index (χ0v) is 13.6. The van der Waals surface area contributed by atoms with E-state index in [0.29, 0.717) is 17.8 Å². The Labute approximate surface area is 141 Å². The quantitative estimate of drug-likeness (QED) is 0.888. The summed E-state index contributed by atoms with van der Waals surface area (Å²) < 4.78 is 5.49. The zero-order valence-electron chi connectivity index (χ0n) is 13.6. The molecule has 24 heavy (non-hydrogen) atoms. The fourth-order valence-electron chi connectivity index (χ4n) is 2.76. The Hall–Kier alpha value is -2.82. The van der Waals surface area contributed by atoms with E-state index >= 15 is 0 Å². The van der Waals surface area contributed by atoms with Crippen molar-refractivity contribution in [3.8, 4) is 5.75 Å². The Morgan fingerprint density at radius 1 is 1.17 bits per heavy atom. The van der Waals surface area contributed by atoms with Crippen molar-refractivity contribution in [2.24, 2.45) is 0 Å². The number of amides is 2. The van der Waals surface area contributed by atoms with Crippen molar-refractivity contribution in [1.29, 1.82) is 0 Å². The van der Waals surface area contributed by atoms with Crippen LogP contribution in [0.25, 0.3) is 0 Å². The van der Waals surface area contributed by atoms with Gasteiger partial charge in [-0.15, -0.1) is 0 Å². The molecule has 0 saturated carbocycles. The van der Waals surface area contributed by atoms with Gasteiger partial charge in [-0.25, -0.2) is 0 Å². The zero-order chi connectivity index (χ0) is 16.9. The molecule has 2 aromatic rings. The lowest BCUT2D eigenvalue weighted by atomic mass is 10.1. The summed E-state index contributed by atoms with van der Waals surface area (Å²) in [4.78, 5) is 23.3. The molecule has 0 saturated heterocycles. The number of anilines is 1. The van der Waals surface area contributed by atoms with Crippen LogP contribution in [0.5, 0.6) is 5.75 Å². The highest BCUT2D eigenvalue weighted by molar-refractivity contribution is 5.96. The number of nitrogens with one attached hydrogen (secondary N) is 2. The number of carbonyl (C=O) groups excluding carboxylic acids is 2. The van der Waals surface area contributed by atoms with E-state index in [1.165, 1.54) is 18.1 Å². The molecule has 0 fully saturated rings. The van der Waals surface area contributed by atoms with Crippen molar-refractivity contribution < 1.29 is 14.3 Å². The Balaban J connectivity index is 1.55. The van der Waals surface area contributed by atoms with Crippen LogP contribution in [0.3, 0.4) is 0 Å². The summed E-state index contributed by atoms with van der Waals surface area (Å²) in [6, 6.07) is 13.1. The molecular formula is C19H20N2O3. The minimum atomic E-state index is -0.159. The van der Waals surface area contributed by atoms with Gasteiger partial charge in [0.1, 0.15) is 5.75 Å². The molecule has 0 aliphatic carbocycles. The highest BCUT2D eigenvalue weighted by Gasteiger charge is 2.12. The van der Waals surface area contributed by atoms with Gasteiger partial charge in [0.2, 0.25) is 5.91 Å². The van der Waals surface area contributed by atoms with Gasteiger partial charge in [-0.05, 0) is 41.8 Å². The minimum Gasteiger partial charge on any atom is -0.493 e. The van der Waals surface area contributed by atoms with Gasteiger partial charge < -0.3 is 15.4 Å². The van der Waals surface area contributed by atoms with Crippen LogP contribution < -0.4 is 15.4 Å². The lowest BCUT2D eigenvalue weighted by Crippen LogP contribution is -2.25. The summed E-state index contributed by atoms with van der Waals surface area (Å²) in [6.07, 6.45) is 1.72. The average Bonchev–Trinajstić information content (AvgIpc) is 3.02. The van der Waals surface area contributed by atoms with E-state index in [1.54, 1.807) is 24.3 Å². The van der Waals surface area contributed by atoms with E-state index in [1.807, 2.05) is 12.1 Å². The molecule has 0 spiro atoms. The van der Waals surface area contributed by atoms with Gasteiger partial charge in [0, 0.05) is 31.1 Å². The van der Waals surface area contributed by atoms with Crippen molar-refractivity contribution in [2.75, 3.05) is 18.5 Å². The Kier molecular flexibility index (Phi) is 4.79. The molecule has 5 nitrogen and oxygen atoms in total. The summed E-state index contributed by atoms with van der Waals surface area (Å²) >= 11 is 0. The average molecular weight is 324 g/mol. The van der Waals surface area contributed by atoms with Crippen molar-refractivity contribution in [1.82, 2.24) is 5.32 Å². The number of carbonyl (C=O) groups is 2. The van der Waals surface area contributed by atoms with Crippen LogP contribution in [-0.4, -0.2) is 25.0 Å². The number of hydrogen-bond donors (Lipinski definition) is 2. The maximum atomic E-state index is 12.2. The van der Waals surface area contributed by atoms with E-state index in [2.05, 4.69) is 16.7 Å². The van der Waals surface area contributed by atoms with E-state index in [-0.39, 0.29) is 11.8 Å². The van der Waals surface area contributed by atoms with Gasteiger partial charge in [-0.2, -0.15) is 0 Å². The molecule has 0 radical (unpaired) electrons. The Morgan fingerprint density at radius 3 is 2.88 bits per heavy atom. The molecule has 5 heteroatoms. The third-order valence-corrected chi connectivity index (χ3v) is 3.90. The molecule has 0 aromatic heterocycles. The number of hydrogen-bond acceptors (Lipinski definition) is 3. The van der Waals surface area contributed by atoms with Crippen LogP contribution in [-0.2, 0) is 17.6 Å². The Morgan fingerprint density at radius 2 is 2.04 bits per heavy atom. The predicted octanol–water partition coefficient (Wildman–Crippen LogP) is 2.55. The van der Waals surface area contributed by atoms with Crippen LogP contribution >= 0.6 is 0 Å². The van der Waals surface area contributed by atoms with Crippen LogP contribution in [0.1, 0.15) is 28.4 Å². The number of ether oxygens (including phenoxy) is 1. The van der Waals surface area contributed by atoms with Crippen LogP contribution in [0.4, 0.5) is 5.69 Å². The number of fused-ring (bicyclic) bond motifs is 1. The first-order chi connectivity index (χ1) is 11.6. The smallest absolute Gasteiger partial charge is 0.251 e. The van der Waals surface area contributed by atoms with Crippen LogP contribution in [0.2, 0.25) is 0 Å². The molecule has 1 aliphatic heterocycles. The molecule has 0 atom stereocenters. The van der Waals surface area contributed by atoms with Gasteiger partial charge >= 0.3 is 0 Å². The van der Waals surface area contributed by atoms with Crippen molar-refractivity contribution >= 4 is 17.5 Å². The molecular weight excluding hydrogens is 304 g/mol. The van der Waals surface area contributed by atoms with Crippen molar-refractivity contribution in [3.63, 3.8) is 0 Å². The summed E-state index contributed by atoms with van der Waals surface area (Å²) in [7, 11) is 0. The molecule has 0 bridgehead atoms. The van der Waals surface area contributed by atoms with E-state index in [0.717, 1.165) is 25.2 Å². The molecule has 0 unspecified atom stereocenters. The molecule has 3 rings (SSSR count). The maximum absolute atomic E-state index is 12.2. The normalized spacial score (nSPS) is 12.2. The number of benzene rings is 2. The third-order valence-electron chi connectivity index (χ3n) is 3.90. The third kappa shape index (κ3) is 3.93. The highest BCUT2D eigenvalue weighted by Crippen LogP contribution is 2.25. The fourth-order valence-corrected chi connectivity index (χ4v) is 2.76. The van der Waals surface area contributed by atoms with Gasteiger partial charge in [0.05, 0.1) is 6.61 Å². The van der Waals surface area contributed by atoms with Crippen molar-refractivity contribution in [3.05, 3.63) is 59.2 Å². The topological polar surface area (TPSA) is 67.4 Å². The molecule has 1 aliphatic rings. The predicted molar refractivity (Wildman–Crippen MR) is 92.4 cm³/mol. The second kappa shape index (κ2) is 7.17. The monoisotopic (exact) mass is 324 g/mol. The highest BCUT2D eigenvalue weighted by atomic mass is 16.5. The second-order valence-corrected chi connectivity index (χ2v) is 5.81. The summed E-state index contributed by atoms with van der Waals surface area (Å²) in [5.74, 6) is 0.664. The SMILES string of the molecule is CC(=O)Nc1cccc(C(=O)NCCc2ccc3c(c2)CCO3)c1. The summed E-state index contributed by atoms with van der Waals surface area (Å²) in [5.41, 5.74) is 3.57. The lowest BCUT2D eigenvalue weighted by molar-refractivity contribution is -0.114. The van der Waals surface area contributed by atoms with E-state index in [9.17, 15) is 9.59 Å². The molecule has 124 valence electrons. The first-order valence-electron chi connectivity index (χ1n) is 8.02. The minimum absolute atomic E-state index is 0.147. The van der Waals surface area contributed by atoms with E-state index in [4.69, 9.17) is 4.74 Å². The summed E-state index contributed by atoms with van der Waals surface area (Å²) in [5, 5.41) is 5.59. The maximum Gasteiger partial charge on any atom is 0.251 e. The lowest BCUT2D eigenvalue weighted by Gasteiger charge is -2.08. The van der Waals surface area contributed by atoms with E-state index < -0.39 is 0 Å². The standard InChI is InChI=1S/C19H20N2O3/c1-13(22)21-17-4-2-3-16(12-17)19(23)20-9-7-14-5-6-18-15(11-14)8-10-24-18/h2-6,11-12H,7-10H2,1H3,(H,20,23)(H,21,22).